The number of nitriles is 1. The van der Waals surface area contributed by atoms with Crippen LogP contribution in [0.5, 0.6) is 0 Å². The lowest BCUT2D eigenvalue weighted by molar-refractivity contribution is -0.142. The summed E-state index contributed by atoms with van der Waals surface area (Å²) in [6.07, 6.45) is 1.39. The molecule has 3 heterocycles. The van der Waals surface area contributed by atoms with Crippen molar-refractivity contribution in [2.45, 2.75) is 46.1 Å². The van der Waals surface area contributed by atoms with E-state index in [0.29, 0.717) is 43.9 Å². The van der Waals surface area contributed by atoms with Crippen molar-refractivity contribution >= 4 is 11.7 Å². The van der Waals surface area contributed by atoms with Crippen LogP contribution in [-0.2, 0) is 4.79 Å². The number of nitrogens with one attached hydrogen (secondary N) is 1. The van der Waals surface area contributed by atoms with Gasteiger partial charge in [0.05, 0.1) is 17.1 Å². The number of piperidine rings is 2. The molecule has 6 heteroatoms. The van der Waals surface area contributed by atoms with Gasteiger partial charge in [-0.25, -0.2) is 4.98 Å². The number of aromatic nitrogens is 1. The normalized spacial score (nSPS) is 27.0. The molecule has 0 bridgehead atoms. The van der Waals surface area contributed by atoms with E-state index >= 15 is 0 Å². The number of rotatable bonds is 1. The molecule has 0 aliphatic carbocycles. The molecule has 0 saturated carbocycles. The maximum Gasteiger partial charge on any atom is 0.230 e. The standard InChI is InChI=1S/C18H24N4O2/c1-11-12(2)14(9-19)16(21-13(11)3)22-8-5-15(23)18(10-22)6-4-7-20-17(18)24/h15,23H,4-8,10H2,1-3H3,(H,20,24)/t15-,18-/m1/s1. The number of aliphatic hydroxyl groups excluding tert-OH is 1. The van der Waals surface area contributed by atoms with Crippen LogP contribution >= 0.6 is 0 Å². The number of hydrogen-bond acceptors (Lipinski definition) is 5. The molecule has 128 valence electrons. The molecule has 2 atom stereocenters. The largest absolute Gasteiger partial charge is 0.392 e. The van der Waals surface area contributed by atoms with Crippen LogP contribution in [-0.4, -0.2) is 41.7 Å². The third-order valence-electron chi connectivity index (χ3n) is 5.71. The number of carbonyl (C=O) groups excluding carboxylic acids is 1. The quantitative estimate of drug-likeness (QED) is 0.812. The van der Waals surface area contributed by atoms with E-state index in [1.807, 2.05) is 25.7 Å². The summed E-state index contributed by atoms with van der Waals surface area (Å²) in [5.74, 6) is 0.563. The van der Waals surface area contributed by atoms with Gasteiger partial charge in [-0.3, -0.25) is 4.79 Å². The van der Waals surface area contributed by atoms with Gasteiger partial charge < -0.3 is 15.3 Å². The molecule has 0 unspecified atom stereocenters. The number of pyridine rings is 1. The smallest absolute Gasteiger partial charge is 0.230 e. The summed E-state index contributed by atoms with van der Waals surface area (Å²) in [6, 6.07) is 2.28. The zero-order chi connectivity index (χ0) is 17.5. The second-order valence-electron chi connectivity index (χ2n) is 7.00. The molecule has 2 saturated heterocycles. The van der Waals surface area contributed by atoms with Gasteiger partial charge in [0.1, 0.15) is 11.9 Å². The summed E-state index contributed by atoms with van der Waals surface area (Å²) in [5, 5.41) is 23.0. The number of hydrogen-bond donors (Lipinski definition) is 2. The molecule has 2 N–H and O–H groups in total. The van der Waals surface area contributed by atoms with Gasteiger partial charge in [0.15, 0.2) is 0 Å². The van der Waals surface area contributed by atoms with Gasteiger partial charge in [-0.05, 0) is 51.2 Å². The Kier molecular flexibility index (Phi) is 4.22. The highest BCUT2D eigenvalue weighted by Gasteiger charge is 2.50. The molecule has 2 aliphatic heterocycles. The molecule has 24 heavy (non-hydrogen) atoms. The Morgan fingerprint density at radius 2 is 2.12 bits per heavy atom. The van der Waals surface area contributed by atoms with Gasteiger partial charge in [0.25, 0.3) is 0 Å². The first kappa shape index (κ1) is 16.7. The fourth-order valence-electron chi connectivity index (χ4n) is 3.91. The molecule has 1 amide bonds. The second-order valence-corrected chi connectivity index (χ2v) is 7.00. The Labute approximate surface area is 142 Å². The monoisotopic (exact) mass is 328 g/mol. The minimum atomic E-state index is -0.794. The molecule has 1 aromatic rings. The molecule has 6 nitrogen and oxygen atoms in total. The van der Waals surface area contributed by atoms with Gasteiger partial charge in [-0.2, -0.15) is 5.26 Å². The lowest BCUT2D eigenvalue weighted by Crippen LogP contribution is -2.61. The average molecular weight is 328 g/mol. The van der Waals surface area contributed by atoms with Crippen molar-refractivity contribution in [1.82, 2.24) is 10.3 Å². The zero-order valence-electron chi connectivity index (χ0n) is 14.5. The highest BCUT2D eigenvalue weighted by molar-refractivity contribution is 5.85. The van der Waals surface area contributed by atoms with E-state index in [9.17, 15) is 15.2 Å². The van der Waals surface area contributed by atoms with Crippen LogP contribution in [0.1, 0.15) is 41.6 Å². The topological polar surface area (TPSA) is 89.2 Å². The Balaban J connectivity index is 2.02. The van der Waals surface area contributed by atoms with Crippen molar-refractivity contribution < 1.29 is 9.90 Å². The molecule has 0 radical (unpaired) electrons. The first-order valence-corrected chi connectivity index (χ1v) is 8.50. The minimum Gasteiger partial charge on any atom is -0.392 e. The van der Waals surface area contributed by atoms with Gasteiger partial charge >= 0.3 is 0 Å². The molecule has 1 aromatic heterocycles. The minimum absolute atomic E-state index is 0.0787. The predicted octanol–water partition coefficient (Wildman–Crippen LogP) is 1.35. The van der Waals surface area contributed by atoms with E-state index in [4.69, 9.17) is 0 Å². The van der Waals surface area contributed by atoms with E-state index in [1.165, 1.54) is 0 Å². The van der Waals surface area contributed by atoms with Crippen LogP contribution < -0.4 is 10.2 Å². The van der Waals surface area contributed by atoms with Crippen LogP contribution in [0.25, 0.3) is 0 Å². The number of carbonyl (C=O) groups is 1. The molecule has 2 fully saturated rings. The fraction of sp³-hybridized carbons (Fsp3) is 0.611. The summed E-state index contributed by atoms with van der Waals surface area (Å²) < 4.78 is 0. The van der Waals surface area contributed by atoms with Crippen molar-refractivity contribution in [3.8, 4) is 6.07 Å². The predicted molar refractivity (Wildman–Crippen MR) is 90.7 cm³/mol. The lowest BCUT2D eigenvalue weighted by atomic mass is 9.71. The van der Waals surface area contributed by atoms with Gasteiger partial charge in [0, 0.05) is 25.3 Å². The van der Waals surface area contributed by atoms with E-state index in [1.54, 1.807) is 0 Å². The molecule has 0 aromatic carbocycles. The molecular weight excluding hydrogens is 304 g/mol. The maximum absolute atomic E-state index is 12.5. The highest BCUT2D eigenvalue weighted by Crippen LogP contribution is 2.39. The zero-order valence-corrected chi connectivity index (χ0v) is 14.5. The number of aliphatic hydroxyl groups is 1. The van der Waals surface area contributed by atoms with Crippen molar-refractivity contribution in [3.63, 3.8) is 0 Å². The Hall–Kier alpha value is -2.13. The van der Waals surface area contributed by atoms with Gasteiger partial charge in [-0.15, -0.1) is 0 Å². The number of aryl methyl sites for hydroxylation is 1. The van der Waals surface area contributed by atoms with Crippen molar-refractivity contribution in [1.29, 1.82) is 5.26 Å². The molecule has 1 spiro atoms. The SMILES string of the molecule is Cc1nc(N2CC[C@@H](O)[C@@]3(CCCNC3=O)C2)c(C#N)c(C)c1C. The molecule has 3 rings (SSSR count). The van der Waals surface area contributed by atoms with Gasteiger partial charge in [0.2, 0.25) is 5.91 Å². The van der Waals surface area contributed by atoms with Crippen LogP contribution in [0.3, 0.4) is 0 Å². The Morgan fingerprint density at radius 3 is 2.79 bits per heavy atom. The third-order valence-corrected chi connectivity index (χ3v) is 5.71. The van der Waals surface area contributed by atoms with Gasteiger partial charge in [-0.1, -0.05) is 0 Å². The average Bonchev–Trinajstić information content (AvgIpc) is 2.57. The molecule has 2 aliphatic rings. The van der Waals surface area contributed by atoms with E-state index in [2.05, 4.69) is 16.4 Å². The van der Waals surface area contributed by atoms with Crippen LogP contribution in [0.4, 0.5) is 5.82 Å². The fourth-order valence-corrected chi connectivity index (χ4v) is 3.91. The highest BCUT2D eigenvalue weighted by atomic mass is 16.3. The summed E-state index contributed by atoms with van der Waals surface area (Å²) >= 11 is 0. The van der Waals surface area contributed by atoms with Crippen LogP contribution in [0, 0.1) is 37.5 Å². The van der Waals surface area contributed by atoms with E-state index < -0.39 is 11.5 Å². The van der Waals surface area contributed by atoms with Crippen LogP contribution in [0.15, 0.2) is 0 Å². The summed E-state index contributed by atoms with van der Waals surface area (Å²) in [7, 11) is 0. The van der Waals surface area contributed by atoms with Crippen molar-refractivity contribution in [3.05, 3.63) is 22.4 Å². The Bertz CT molecular complexity index is 725. The Morgan fingerprint density at radius 1 is 1.38 bits per heavy atom. The number of nitrogens with zero attached hydrogens (tertiary/aromatic N) is 3. The number of anilines is 1. The van der Waals surface area contributed by atoms with E-state index in [0.717, 1.165) is 23.2 Å². The van der Waals surface area contributed by atoms with Crippen LogP contribution in [0.2, 0.25) is 0 Å². The second kappa shape index (κ2) is 6.06. The lowest BCUT2D eigenvalue weighted by Gasteiger charge is -2.47. The summed E-state index contributed by atoms with van der Waals surface area (Å²) in [6.45, 7) is 7.52. The third kappa shape index (κ3) is 2.44. The maximum atomic E-state index is 12.5. The van der Waals surface area contributed by atoms with E-state index in [-0.39, 0.29) is 5.91 Å². The number of amides is 1. The first-order valence-electron chi connectivity index (χ1n) is 8.50. The molecular formula is C18H24N4O2. The summed E-state index contributed by atoms with van der Waals surface area (Å²) in [4.78, 5) is 19.2. The van der Waals surface area contributed by atoms with Crippen molar-refractivity contribution in [2.24, 2.45) is 5.41 Å². The first-order chi connectivity index (χ1) is 11.4. The van der Waals surface area contributed by atoms with Crippen molar-refractivity contribution in [2.75, 3.05) is 24.5 Å². The summed E-state index contributed by atoms with van der Waals surface area (Å²) in [5.41, 5.74) is 2.64.